The Labute approximate surface area is 136 Å². The summed E-state index contributed by atoms with van der Waals surface area (Å²) in [6.07, 6.45) is 0. The van der Waals surface area contributed by atoms with Crippen molar-refractivity contribution in [2.24, 2.45) is 0 Å². The second-order valence-electron chi connectivity index (χ2n) is 5.95. The Morgan fingerprint density at radius 1 is 0.833 bits per heavy atom. The summed E-state index contributed by atoms with van der Waals surface area (Å²) in [6, 6.07) is 17.9. The van der Waals surface area contributed by atoms with E-state index >= 15 is 0 Å². The van der Waals surface area contributed by atoms with Gasteiger partial charge in [0.15, 0.2) is 0 Å². The summed E-state index contributed by atoms with van der Waals surface area (Å²) in [5.74, 6) is 0.821. The number of pyridine rings is 1. The van der Waals surface area contributed by atoms with Crippen LogP contribution in [0.1, 0.15) is 0 Å². The first-order chi connectivity index (χ1) is 11.8. The van der Waals surface area contributed by atoms with Crippen LogP contribution < -0.4 is 10.3 Å². The molecule has 2 N–H and O–H groups in total. The largest absolute Gasteiger partial charge is 0.497 e. The van der Waals surface area contributed by atoms with Gasteiger partial charge >= 0.3 is 0 Å². The van der Waals surface area contributed by atoms with Crippen molar-refractivity contribution in [3.63, 3.8) is 0 Å². The lowest BCUT2D eigenvalue weighted by Gasteiger charge is -2.03. The molecule has 0 aliphatic heterocycles. The summed E-state index contributed by atoms with van der Waals surface area (Å²) in [7, 11) is 1.66. The monoisotopic (exact) mass is 314 g/mol. The average molecular weight is 314 g/mol. The Kier molecular flexibility index (Phi) is 2.54. The molecule has 2 heterocycles. The average Bonchev–Trinajstić information content (AvgIpc) is 3.02. The van der Waals surface area contributed by atoms with Gasteiger partial charge in [0.2, 0.25) is 0 Å². The van der Waals surface area contributed by atoms with Gasteiger partial charge in [-0.3, -0.25) is 4.79 Å². The maximum absolute atomic E-state index is 12.6. The molecule has 0 spiro atoms. The second kappa shape index (κ2) is 4.61. The molecular weight excluding hydrogens is 300 g/mol. The predicted molar refractivity (Wildman–Crippen MR) is 98.0 cm³/mol. The van der Waals surface area contributed by atoms with E-state index < -0.39 is 0 Å². The molecule has 0 saturated heterocycles. The lowest BCUT2D eigenvalue weighted by Crippen LogP contribution is -2.05. The summed E-state index contributed by atoms with van der Waals surface area (Å²) in [5, 5.41) is 4.82. The fourth-order valence-electron chi connectivity index (χ4n) is 3.53. The molecule has 0 fully saturated rings. The molecule has 0 radical (unpaired) electrons. The van der Waals surface area contributed by atoms with Gasteiger partial charge in [0.25, 0.3) is 5.56 Å². The highest BCUT2D eigenvalue weighted by atomic mass is 16.5. The van der Waals surface area contributed by atoms with Crippen molar-refractivity contribution in [3.05, 3.63) is 65.0 Å². The highest BCUT2D eigenvalue weighted by Crippen LogP contribution is 2.33. The minimum Gasteiger partial charge on any atom is -0.497 e. The van der Waals surface area contributed by atoms with E-state index in [0.717, 1.165) is 43.8 Å². The second-order valence-corrected chi connectivity index (χ2v) is 5.95. The molecule has 0 saturated carbocycles. The van der Waals surface area contributed by atoms with E-state index in [1.807, 2.05) is 54.6 Å². The van der Waals surface area contributed by atoms with Crippen molar-refractivity contribution in [2.75, 3.05) is 7.11 Å². The summed E-state index contributed by atoms with van der Waals surface area (Å²) < 4.78 is 5.30. The molecular formula is C20H14N2O2. The summed E-state index contributed by atoms with van der Waals surface area (Å²) in [6.45, 7) is 0. The maximum Gasteiger partial charge on any atom is 0.258 e. The zero-order chi connectivity index (χ0) is 16.3. The number of fused-ring (bicyclic) bond motifs is 7. The Hall–Kier alpha value is -3.27. The molecule has 0 bridgehead atoms. The third kappa shape index (κ3) is 1.65. The topological polar surface area (TPSA) is 57.9 Å². The van der Waals surface area contributed by atoms with Gasteiger partial charge in [0.05, 0.1) is 29.0 Å². The number of methoxy groups -OCH3 is 1. The lowest BCUT2D eigenvalue weighted by molar-refractivity contribution is 0.415. The molecule has 4 nitrogen and oxygen atoms in total. The standard InChI is InChI=1S/C20H14N2O2/c1-24-12-7-9-13-11(10-12)6-8-15-17-19(22-18(13)15)14-4-2-3-5-16(14)21-20(17)23/h2-10,22H,1H3,(H,21,23). The van der Waals surface area contributed by atoms with Gasteiger partial charge in [0.1, 0.15) is 5.75 Å². The van der Waals surface area contributed by atoms with Crippen LogP contribution in [0.25, 0.3) is 43.5 Å². The zero-order valence-corrected chi connectivity index (χ0v) is 13.0. The highest BCUT2D eigenvalue weighted by Gasteiger charge is 2.13. The van der Waals surface area contributed by atoms with E-state index in [4.69, 9.17) is 4.74 Å². The van der Waals surface area contributed by atoms with Crippen molar-refractivity contribution >= 4 is 43.5 Å². The van der Waals surface area contributed by atoms with Crippen LogP contribution in [0.5, 0.6) is 5.75 Å². The summed E-state index contributed by atoms with van der Waals surface area (Å²) >= 11 is 0. The number of H-pyrrole nitrogens is 2. The molecule has 4 heteroatoms. The van der Waals surface area contributed by atoms with Gasteiger partial charge in [-0.2, -0.15) is 0 Å². The van der Waals surface area contributed by atoms with E-state index in [1.165, 1.54) is 0 Å². The highest BCUT2D eigenvalue weighted by molar-refractivity contribution is 6.21. The van der Waals surface area contributed by atoms with Gasteiger partial charge < -0.3 is 14.7 Å². The smallest absolute Gasteiger partial charge is 0.258 e. The normalized spacial score (nSPS) is 11.7. The van der Waals surface area contributed by atoms with Crippen molar-refractivity contribution < 1.29 is 4.74 Å². The number of nitrogens with one attached hydrogen (secondary N) is 2. The molecule has 0 unspecified atom stereocenters. The van der Waals surface area contributed by atoms with Crippen LogP contribution in [0, 0.1) is 0 Å². The van der Waals surface area contributed by atoms with Crippen molar-refractivity contribution in [2.45, 2.75) is 0 Å². The third-order valence-corrected chi connectivity index (χ3v) is 4.67. The molecule has 5 rings (SSSR count). The first kappa shape index (κ1) is 13.2. The quantitative estimate of drug-likeness (QED) is 0.484. The SMILES string of the molecule is COc1ccc2c(ccc3c2[nH]c2c4ccccc4[nH]c(=O)c32)c1. The van der Waals surface area contributed by atoms with Crippen LogP contribution in [0.2, 0.25) is 0 Å². The van der Waals surface area contributed by atoms with Gasteiger partial charge in [0, 0.05) is 16.2 Å². The minimum absolute atomic E-state index is 0.0668. The summed E-state index contributed by atoms with van der Waals surface area (Å²) in [4.78, 5) is 19.1. The fourth-order valence-corrected chi connectivity index (χ4v) is 3.53. The predicted octanol–water partition coefficient (Wildman–Crippen LogP) is 4.32. The number of ether oxygens (including phenoxy) is 1. The van der Waals surface area contributed by atoms with E-state index in [9.17, 15) is 4.79 Å². The number of aromatic nitrogens is 2. The van der Waals surface area contributed by atoms with E-state index in [0.29, 0.717) is 5.39 Å². The zero-order valence-electron chi connectivity index (χ0n) is 13.0. The minimum atomic E-state index is -0.0668. The number of aromatic amines is 2. The fraction of sp³-hybridized carbons (Fsp3) is 0.0500. The maximum atomic E-state index is 12.6. The number of rotatable bonds is 1. The van der Waals surface area contributed by atoms with Crippen LogP contribution >= 0.6 is 0 Å². The molecule has 0 aliphatic carbocycles. The first-order valence-electron chi connectivity index (χ1n) is 7.79. The Morgan fingerprint density at radius 2 is 1.67 bits per heavy atom. The molecule has 0 atom stereocenters. The van der Waals surface area contributed by atoms with Gasteiger partial charge in [-0.25, -0.2) is 0 Å². The number of hydrogen-bond acceptors (Lipinski definition) is 2. The number of para-hydroxylation sites is 1. The molecule has 5 aromatic rings. The molecule has 3 aromatic carbocycles. The van der Waals surface area contributed by atoms with Crippen LogP contribution in [-0.2, 0) is 0 Å². The summed E-state index contributed by atoms with van der Waals surface area (Å²) in [5.41, 5.74) is 2.63. The van der Waals surface area contributed by atoms with Crippen LogP contribution in [0.4, 0.5) is 0 Å². The van der Waals surface area contributed by atoms with Crippen LogP contribution in [0.15, 0.2) is 59.4 Å². The van der Waals surface area contributed by atoms with E-state index in [-0.39, 0.29) is 5.56 Å². The molecule has 0 aliphatic rings. The van der Waals surface area contributed by atoms with Crippen molar-refractivity contribution in [1.82, 2.24) is 9.97 Å². The molecule has 116 valence electrons. The molecule has 24 heavy (non-hydrogen) atoms. The Balaban J connectivity index is 2.03. The van der Waals surface area contributed by atoms with Gasteiger partial charge in [-0.15, -0.1) is 0 Å². The van der Waals surface area contributed by atoms with Crippen molar-refractivity contribution in [1.29, 1.82) is 0 Å². The molecule has 2 aromatic heterocycles. The first-order valence-corrected chi connectivity index (χ1v) is 7.79. The van der Waals surface area contributed by atoms with Gasteiger partial charge in [-0.05, 0) is 29.7 Å². The molecule has 0 amide bonds. The van der Waals surface area contributed by atoms with E-state index in [1.54, 1.807) is 7.11 Å². The third-order valence-electron chi connectivity index (χ3n) is 4.67. The lowest BCUT2D eigenvalue weighted by atomic mass is 10.1. The van der Waals surface area contributed by atoms with Crippen molar-refractivity contribution in [3.8, 4) is 5.75 Å². The Bertz CT molecular complexity index is 1310. The van der Waals surface area contributed by atoms with Crippen LogP contribution in [-0.4, -0.2) is 17.1 Å². The van der Waals surface area contributed by atoms with Gasteiger partial charge in [-0.1, -0.05) is 30.3 Å². The van der Waals surface area contributed by atoms with Crippen LogP contribution in [0.3, 0.4) is 0 Å². The Morgan fingerprint density at radius 3 is 2.54 bits per heavy atom. The van der Waals surface area contributed by atoms with E-state index in [2.05, 4.69) is 9.97 Å². The number of benzene rings is 3. The number of hydrogen-bond donors (Lipinski definition) is 2.